The van der Waals surface area contributed by atoms with Crippen LogP contribution in [-0.2, 0) is 5.75 Å². The molecule has 3 rings (SSSR count). The molecule has 0 fully saturated rings. The summed E-state index contributed by atoms with van der Waals surface area (Å²) in [5.74, 6) is 2.24. The Bertz CT molecular complexity index is 467. The highest BCUT2D eigenvalue weighted by atomic mass is 32.2. The standard InChI is InChI=1S/C12H13N3S/c1-2-4-11-9(3-1)7-16-8-12(11)15-10-5-13-14-6-10/h1-6,12,15H,7-8H2,(H,13,14). The van der Waals surface area contributed by atoms with Crippen LogP contribution in [0.3, 0.4) is 0 Å². The van der Waals surface area contributed by atoms with E-state index in [1.807, 2.05) is 24.2 Å². The fourth-order valence-electron chi connectivity index (χ4n) is 2.03. The van der Waals surface area contributed by atoms with Crippen molar-refractivity contribution >= 4 is 17.4 Å². The minimum absolute atomic E-state index is 0.396. The van der Waals surface area contributed by atoms with E-state index >= 15 is 0 Å². The average Bonchev–Trinajstić information content (AvgIpc) is 2.82. The monoisotopic (exact) mass is 231 g/mol. The molecule has 0 saturated heterocycles. The zero-order valence-corrected chi connectivity index (χ0v) is 9.63. The molecule has 0 saturated carbocycles. The molecule has 2 heterocycles. The average molecular weight is 231 g/mol. The van der Waals surface area contributed by atoms with Gasteiger partial charge in [0.05, 0.1) is 17.9 Å². The van der Waals surface area contributed by atoms with E-state index in [9.17, 15) is 0 Å². The van der Waals surface area contributed by atoms with Crippen LogP contribution in [0.1, 0.15) is 17.2 Å². The van der Waals surface area contributed by atoms with Crippen molar-refractivity contribution in [2.45, 2.75) is 11.8 Å². The fourth-order valence-corrected chi connectivity index (χ4v) is 3.13. The van der Waals surface area contributed by atoms with Crippen LogP contribution in [0.2, 0.25) is 0 Å². The highest BCUT2D eigenvalue weighted by molar-refractivity contribution is 7.98. The van der Waals surface area contributed by atoms with Crippen LogP contribution in [0, 0.1) is 0 Å². The molecule has 0 radical (unpaired) electrons. The lowest BCUT2D eigenvalue weighted by atomic mass is 10.0. The first-order valence-electron chi connectivity index (χ1n) is 5.34. The van der Waals surface area contributed by atoms with Crippen molar-refractivity contribution in [2.24, 2.45) is 0 Å². The van der Waals surface area contributed by atoms with Gasteiger partial charge in [0.25, 0.3) is 0 Å². The van der Waals surface area contributed by atoms with Gasteiger partial charge in [0.15, 0.2) is 0 Å². The highest BCUT2D eigenvalue weighted by Gasteiger charge is 2.19. The first-order chi connectivity index (χ1) is 7.93. The molecule has 1 aromatic carbocycles. The number of fused-ring (bicyclic) bond motifs is 1. The molecule has 1 aromatic heterocycles. The van der Waals surface area contributed by atoms with E-state index in [1.54, 1.807) is 0 Å². The van der Waals surface area contributed by atoms with Gasteiger partial charge in [-0.2, -0.15) is 16.9 Å². The van der Waals surface area contributed by atoms with E-state index in [1.165, 1.54) is 11.1 Å². The van der Waals surface area contributed by atoms with Gasteiger partial charge < -0.3 is 5.32 Å². The summed E-state index contributed by atoms with van der Waals surface area (Å²) in [7, 11) is 0. The van der Waals surface area contributed by atoms with Crippen LogP contribution in [0.25, 0.3) is 0 Å². The minimum Gasteiger partial charge on any atom is -0.375 e. The molecule has 0 spiro atoms. The van der Waals surface area contributed by atoms with Gasteiger partial charge >= 0.3 is 0 Å². The Hall–Kier alpha value is -1.42. The molecule has 1 unspecified atom stereocenters. The maximum atomic E-state index is 3.95. The smallest absolute Gasteiger partial charge is 0.0728 e. The van der Waals surface area contributed by atoms with Crippen molar-refractivity contribution in [1.29, 1.82) is 0 Å². The van der Waals surface area contributed by atoms with Gasteiger partial charge in [-0.3, -0.25) is 5.10 Å². The molecule has 2 N–H and O–H groups in total. The Morgan fingerprint density at radius 2 is 2.31 bits per heavy atom. The maximum absolute atomic E-state index is 3.95. The number of aromatic nitrogens is 2. The van der Waals surface area contributed by atoms with Crippen LogP contribution in [-0.4, -0.2) is 16.0 Å². The number of nitrogens with one attached hydrogen (secondary N) is 2. The quantitative estimate of drug-likeness (QED) is 0.835. The first kappa shape index (κ1) is 9.78. The number of thioether (sulfide) groups is 1. The summed E-state index contributed by atoms with van der Waals surface area (Å²) in [5.41, 5.74) is 3.92. The van der Waals surface area contributed by atoms with E-state index in [-0.39, 0.29) is 0 Å². The zero-order chi connectivity index (χ0) is 10.8. The number of anilines is 1. The lowest BCUT2D eigenvalue weighted by Crippen LogP contribution is -2.18. The summed E-state index contributed by atoms with van der Waals surface area (Å²) in [6.45, 7) is 0. The minimum atomic E-state index is 0.396. The van der Waals surface area contributed by atoms with Gasteiger partial charge in [0, 0.05) is 17.7 Å². The second-order valence-corrected chi connectivity index (χ2v) is 4.93. The van der Waals surface area contributed by atoms with Crippen molar-refractivity contribution in [2.75, 3.05) is 11.1 Å². The summed E-state index contributed by atoms with van der Waals surface area (Å²) in [6, 6.07) is 9.05. The number of aromatic amines is 1. The SMILES string of the molecule is c1ccc2c(c1)CSCC2Nc1cn[nH]c1. The van der Waals surface area contributed by atoms with E-state index < -0.39 is 0 Å². The molecule has 1 aliphatic heterocycles. The normalized spacial score (nSPS) is 19.1. The van der Waals surface area contributed by atoms with Crippen LogP contribution < -0.4 is 5.32 Å². The molecule has 1 aliphatic rings. The van der Waals surface area contributed by atoms with Gasteiger partial charge in [-0.25, -0.2) is 0 Å². The topological polar surface area (TPSA) is 40.7 Å². The summed E-state index contributed by atoms with van der Waals surface area (Å²) in [6.07, 6.45) is 3.71. The number of hydrogen-bond donors (Lipinski definition) is 2. The van der Waals surface area contributed by atoms with E-state index in [2.05, 4.69) is 39.8 Å². The Kier molecular flexibility index (Phi) is 2.58. The molecular weight excluding hydrogens is 218 g/mol. The Labute approximate surface area is 98.6 Å². The predicted molar refractivity (Wildman–Crippen MR) is 67.6 cm³/mol. The van der Waals surface area contributed by atoms with Crippen LogP contribution >= 0.6 is 11.8 Å². The molecule has 0 bridgehead atoms. The number of H-pyrrole nitrogens is 1. The van der Waals surface area contributed by atoms with Crippen molar-refractivity contribution in [1.82, 2.24) is 10.2 Å². The molecule has 3 nitrogen and oxygen atoms in total. The first-order valence-corrected chi connectivity index (χ1v) is 6.50. The molecule has 16 heavy (non-hydrogen) atoms. The van der Waals surface area contributed by atoms with Crippen LogP contribution in [0.15, 0.2) is 36.7 Å². The second kappa shape index (κ2) is 4.22. The van der Waals surface area contributed by atoms with Gasteiger partial charge in [0.1, 0.15) is 0 Å². The largest absolute Gasteiger partial charge is 0.375 e. The van der Waals surface area contributed by atoms with Crippen molar-refractivity contribution in [3.63, 3.8) is 0 Å². The van der Waals surface area contributed by atoms with E-state index in [4.69, 9.17) is 0 Å². The summed E-state index contributed by atoms with van der Waals surface area (Å²) < 4.78 is 0. The third kappa shape index (κ3) is 1.80. The Morgan fingerprint density at radius 1 is 1.38 bits per heavy atom. The molecule has 82 valence electrons. The van der Waals surface area contributed by atoms with Crippen LogP contribution in [0.5, 0.6) is 0 Å². The van der Waals surface area contributed by atoms with Crippen molar-refractivity contribution in [3.8, 4) is 0 Å². The molecule has 0 aliphatic carbocycles. The third-order valence-electron chi connectivity index (χ3n) is 2.81. The Morgan fingerprint density at radius 3 is 3.19 bits per heavy atom. The highest BCUT2D eigenvalue weighted by Crippen LogP contribution is 2.33. The summed E-state index contributed by atoms with van der Waals surface area (Å²) >= 11 is 1.97. The number of benzene rings is 1. The summed E-state index contributed by atoms with van der Waals surface area (Å²) in [5, 5.41) is 10.3. The van der Waals surface area contributed by atoms with Gasteiger partial charge in [-0.05, 0) is 11.1 Å². The van der Waals surface area contributed by atoms with E-state index in [0.717, 1.165) is 17.2 Å². The zero-order valence-electron chi connectivity index (χ0n) is 8.81. The second-order valence-electron chi connectivity index (χ2n) is 3.90. The molecule has 1 atom stereocenters. The fraction of sp³-hybridized carbons (Fsp3) is 0.250. The van der Waals surface area contributed by atoms with Gasteiger partial charge in [-0.15, -0.1) is 0 Å². The number of nitrogens with zero attached hydrogens (tertiary/aromatic N) is 1. The maximum Gasteiger partial charge on any atom is 0.0728 e. The number of hydrogen-bond acceptors (Lipinski definition) is 3. The molecule has 0 amide bonds. The van der Waals surface area contributed by atoms with Crippen molar-refractivity contribution < 1.29 is 0 Å². The Balaban J connectivity index is 1.87. The van der Waals surface area contributed by atoms with Crippen molar-refractivity contribution in [3.05, 3.63) is 47.8 Å². The van der Waals surface area contributed by atoms with Gasteiger partial charge in [0.2, 0.25) is 0 Å². The predicted octanol–water partition coefficient (Wildman–Crippen LogP) is 2.81. The third-order valence-corrected chi connectivity index (χ3v) is 3.90. The molecule has 4 heteroatoms. The van der Waals surface area contributed by atoms with E-state index in [0.29, 0.717) is 6.04 Å². The van der Waals surface area contributed by atoms with Gasteiger partial charge in [-0.1, -0.05) is 24.3 Å². The van der Waals surface area contributed by atoms with Crippen LogP contribution in [0.4, 0.5) is 5.69 Å². The summed E-state index contributed by atoms with van der Waals surface area (Å²) in [4.78, 5) is 0. The molecular formula is C12H13N3S. The molecule has 2 aromatic rings. The lowest BCUT2D eigenvalue weighted by molar-refractivity contribution is 0.871. The number of rotatable bonds is 2. The lowest BCUT2D eigenvalue weighted by Gasteiger charge is -2.26.